The first-order chi connectivity index (χ1) is 9.35. The van der Waals surface area contributed by atoms with E-state index in [9.17, 15) is 0 Å². The highest BCUT2D eigenvalue weighted by Gasteiger charge is 2.17. The second-order valence-corrected chi connectivity index (χ2v) is 4.65. The van der Waals surface area contributed by atoms with Gasteiger partial charge in [0.05, 0.1) is 31.8 Å². The standard InChI is InChI=1S/C14H17N3O2/c1-18-13-4-2-12(3-5-13)17-9-14(8-16-17)19-10-11-6-15-7-11/h2-5,8-9,11,15H,6-7,10H2,1H3. The highest BCUT2D eigenvalue weighted by Crippen LogP contribution is 2.18. The van der Waals surface area contributed by atoms with Crippen molar-refractivity contribution in [2.45, 2.75) is 0 Å². The van der Waals surface area contributed by atoms with E-state index >= 15 is 0 Å². The lowest BCUT2D eigenvalue weighted by atomic mass is 10.1. The number of ether oxygens (including phenoxy) is 2. The van der Waals surface area contributed by atoms with Gasteiger partial charge in [0, 0.05) is 19.0 Å². The summed E-state index contributed by atoms with van der Waals surface area (Å²) in [5.74, 6) is 2.27. The number of aromatic nitrogens is 2. The molecule has 0 saturated carbocycles. The van der Waals surface area contributed by atoms with Crippen LogP contribution in [-0.4, -0.2) is 36.6 Å². The van der Waals surface area contributed by atoms with Gasteiger partial charge in [0.2, 0.25) is 0 Å². The maximum atomic E-state index is 5.71. The molecule has 5 heteroatoms. The van der Waals surface area contributed by atoms with Crippen LogP contribution >= 0.6 is 0 Å². The molecule has 0 amide bonds. The summed E-state index contributed by atoms with van der Waals surface area (Å²) in [7, 11) is 1.66. The molecule has 1 saturated heterocycles. The van der Waals surface area contributed by atoms with E-state index in [0.29, 0.717) is 5.92 Å². The summed E-state index contributed by atoms with van der Waals surface area (Å²) in [5.41, 5.74) is 0.987. The normalized spacial score (nSPS) is 15.0. The Bertz CT molecular complexity index is 532. The quantitative estimate of drug-likeness (QED) is 0.883. The van der Waals surface area contributed by atoms with Crippen LogP contribution in [0.5, 0.6) is 11.5 Å². The van der Waals surface area contributed by atoms with Crippen LogP contribution in [0.15, 0.2) is 36.7 Å². The average Bonchev–Trinajstić information content (AvgIpc) is 2.86. The maximum absolute atomic E-state index is 5.71. The number of methoxy groups -OCH3 is 1. The number of nitrogens with zero attached hydrogens (tertiary/aromatic N) is 2. The van der Waals surface area contributed by atoms with Crippen molar-refractivity contribution >= 4 is 0 Å². The molecular weight excluding hydrogens is 242 g/mol. The Labute approximate surface area is 112 Å². The summed E-state index contributed by atoms with van der Waals surface area (Å²) < 4.78 is 12.6. The van der Waals surface area contributed by atoms with Gasteiger partial charge in [0.25, 0.3) is 0 Å². The highest BCUT2D eigenvalue weighted by molar-refractivity contribution is 5.37. The molecule has 100 valence electrons. The van der Waals surface area contributed by atoms with E-state index in [1.54, 1.807) is 18.0 Å². The van der Waals surface area contributed by atoms with E-state index < -0.39 is 0 Å². The zero-order chi connectivity index (χ0) is 13.1. The summed E-state index contributed by atoms with van der Waals surface area (Å²) in [6, 6.07) is 7.76. The predicted molar refractivity (Wildman–Crippen MR) is 72.0 cm³/mol. The molecule has 1 aliphatic heterocycles. The number of hydrogen-bond donors (Lipinski definition) is 1. The molecule has 1 aliphatic rings. The van der Waals surface area contributed by atoms with Gasteiger partial charge in [-0.25, -0.2) is 4.68 Å². The molecule has 1 aromatic carbocycles. The predicted octanol–water partition coefficient (Wildman–Crippen LogP) is 1.48. The number of hydrogen-bond acceptors (Lipinski definition) is 4. The molecular formula is C14H17N3O2. The zero-order valence-corrected chi connectivity index (χ0v) is 10.9. The van der Waals surface area contributed by atoms with Crippen molar-refractivity contribution in [3.8, 4) is 17.2 Å². The molecule has 2 aromatic rings. The SMILES string of the molecule is COc1ccc(-n2cc(OCC3CNC3)cn2)cc1. The van der Waals surface area contributed by atoms with Crippen LogP contribution in [0.4, 0.5) is 0 Å². The minimum absolute atomic E-state index is 0.629. The van der Waals surface area contributed by atoms with Gasteiger partial charge < -0.3 is 14.8 Å². The molecule has 19 heavy (non-hydrogen) atoms. The van der Waals surface area contributed by atoms with Crippen LogP contribution in [0.3, 0.4) is 0 Å². The molecule has 0 spiro atoms. The Balaban J connectivity index is 1.65. The Morgan fingerprint density at radius 2 is 2.05 bits per heavy atom. The third-order valence-electron chi connectivity index (χ3n) is 3.25. The van der Waals surface area contributed by atoms with Crippen LogP contribution in [0.2, 0.25) is 0 Å². The number of benzene rings is 1. The third kappa shape index (κ3) is 2.71. The Morgan fingerprint density at radius 1 is 1.26 bits per heavy atom. The van der Waals surface area contributed by atoms with Crippen molar-refractivity contribution < 1.29 is 9.47 Å². The summed E-state index contributed by atoms with van der Waals surface area (Å²) in [4.78, 5) is 0. The van der Waals surface area contributed by atoms with Crippen molar-refractivity contribution in [3.63, 3.8) is 0 Å². The minimum Gasteiger partial charge on any atom is -0.497 e. The van der Waals surface area contributed by atoms with Gasteiger partial charge in [-0.1, -0.05) is 0 Å². The van der Waals surface area contributed by atoms with Crippen molar-refractivity contribution in [2.75, 3.05) is 26.8 Å². The molecule has 0 radical (unpaired) electrons. The molecule has 3 rings (SSSR count). The van der Waals surface area contributed by atoms with Crippen LogP contribution in [0.1, 0.15) is 0 Å². The third-order valence-corrected chi connectivity index (χ3v) is 3.25. The Morgan fingerprint density at radius 3 is 2.68 bits per heavy atom. The van der Waals surface area contributed by atoms with Gasteiger partial charge in [0.1, 0.15) is 5.75 Å². The van der Waals surface area contributed by atoms with Crippen molar-refractivity contribution in [2.24, 2.45) is 5.92 Å². The van der Waals surface area contributed by atoms with E-state index in [1.165, 1.54) is 0 Å². The van der Waals surface area contributed by atoms with Gasteiger partial charge in [-0.15, -0.1) is 0 Å². The molecule has 0 aliphatic carbocycles. The summed E-state index contributed by atoms with van der Waals surface area (Å²) in [6.07, 6.45) is 3.64. The van der Waals surface area contributed by atoms with Gasteiger partial charge in [-0.3, -0.25) is 0 Å². The minimum atomic E-state index is 0.629. The fourth-order valence-corrected chi connectivity index (χ4v) is 1.94. The molecule has 0 bridgehead atoms. The lowest BCUT2D eigenvalue weighted by Crippen LogP contribution is -2.45. The van der Waals surface area contributed by atoms with Crippen LogP contribution < -0.4 is 14.8 Å². The average molecular weight is 259 g/mol. The lowest BCUT2D eigenvalue weighted by Gasteiger charge is -2.26. The van der Waals surface area contributed by atoms with Crippen LogP contribution in [-0.2, 0) is 0 Å². The van der Waals surface area contributed by atoms with Crippen molar-refractivity contribution in [1.82, 2.24) is 15.1 Å². The number of nitrogens with one attached hydrogen (secondary N) is 1. The number of rotatable bonds is 5. The van der Waals surface area contributed by atoms with Gasteiger partial charge in [0.15, 0.2) is 5.75 Å². The van der Waals surface area contributed by atoms with Crippen molar-refractivity contribution in [3.05, 3.63) is 36.7 Å². The first-order valence-electron chi connectivity index (χ1n) is 6.38. The summed E-state index contributed by atoms with van der Waals surface area (Å²) in [5, 5.41) is 7.53. The summed E-state index contributed by atoms with van der Waals surface area (Å²) in [6.45, 7) is 2.85. The van der Waals surface area contributed by atoms with E-state index in [4.69, 9.17) is 9.47 Å². The maximum Gasteiger partial charge on any atom is 0.157 e. The Hall–Kier alpha value is -2.01. The first kappa shape index (κ1) is 12.0. The smallest absolute Gasteiger partial charge is 0.157 e. The Kier molecular flexibility index (Phi) is 3.37. The molecule has 1 N–H and O–H groups in total. The van der Waals surface area contributed by atoms with E-state index in [0.717, 1.165) is 36.9 Å². The van der Waals surface area contributed by atoms with E-state index in [2.05, 4.69) is 10.4 Å². The van der Waals surface area contributed by atoms with Gasteiger partial charge in [-0.2, -0.15) is 5.10 Å². The zero-order valence-electron chi connectivity index (χ0n) is 10.9. The fraction of sp³-hybridized carbons (Fsp3) is 0.357. The monoisotopic (exact) mass is 259 g/mol. The van der Waals surface area contributed by atoms with E-state index in [-0.39, 0.29) is 0 Å². The molecule has 0 unspecified atom stereocenters. The largest absolute Gasteiger partial charge is 0.497 e. The second-order valence-electron chi connectivity index (χ2n) is 4.65. The van der Waals surface area contributed by atoms with E-state index in [1.807, 2.05) is 30.5 Å². The topological polar surface area (TPSA) is 48.3 Å². The van der Waals surface area contributed by atoms with Gasteiger partial charge >= 0.3 is 0 Å². The first-order valence-corrected chi connectivity index (χ1v) is 6.38. The van der Waals surface area contributed by atoms with Crippen LogP contribution in [0, 0.1) is 5.92 Å². The molecule has 1 aromatic heterocycles. The van der Waals surface area contributed by atoms with Gasteiger partial charge in [-0.05, 0) is 24.3 Å². The molecule has 1 fully saturated rings. The summed E-state index contributed by atoms with van der Waals surface area (Å²) >= 11 is 0. The lowest BCUT2D eigenvalue weighted by molar-refractivity contribution is 0.199. The molecule has 5 nitrogen and oxygen atoms in total. The van der Waals surface area contributed by atoms with Crippen LogP contribution in [0.25, 0.3) is 5.69 Å². The molecule has 2 heterocycles. The highest BCUT2D eigenvalue weighted by atomic mass is 16.5. The molecule has 0 atom stereocenters. The second kappa shape index (κ2) is 5.32. The fourth-order valence-electron chi connectivity index (χ4n) is 1.94. The van der Waals surface area contributed by atoms with Crippen molar-refractivity contribution in [1.29, 1.82) is 0 Å².